The van der Waals surface area contributed by atoms with Crippen LogP contribution in [-0.2, 0) is 18.3 Å². The van der Waals surface area contributed by atoms with Crippen molar-refractivity contribution in [3.8, 4) is 0 Å². The van der Waals surface area contributed by atoms with Gasteiger partial charge in [0.25, 0.3) is 0 Å². The lowest BCUT2D eigenvalue weighted by molar-refractivity contribution is -0.120. The van der Waals surface area contributed by atoms with Crippen LogP contribution in [0.1, 0.15) is 49.9 Å². The lowest BCUT2D eigenvalue weighted by Crippen LogP contribution is -2.46. The lowest BCUT2D eigenvalue weighted by atomic mass is 9.78. The standard InChI is InChI=1S/C15H24BrN3O/c1-11-14(16)13(19(3)18-11)9-12(20)10-15(17-2)7-5-4-6-8-15/h17H,4-10H2,1-3H3. The molecule has 0 radical (unpaired) electrons. The topological polar surface area (TPSA) is 46.9 Å². The van der Waals surface area contributed by atoms with Gasteiger partial charge in [-0.05, 0) is 42.7 Å². The van der Waals surface area contributed by atoms with Crippen molar-refractivity contribution < 1.29 is 4.79 Å². The largest absolute Gasteiger partial charge is 0.314 e. The van der Waals surface area contributed by atoms with Gasteiger partial charge in [0.15, 0.2) is 0 Å². The van der Waals surface area contributed by atoms with Gasteiger partial charge in [-0.15, -0.1) is 0 Å². The number of hydrogen-bond donors (Lipinski definition) is 1. The fourth-order valence-electron chi connectivity index (χ4n) is 3.24. The summed E-state index contributed by atoms with van der Waals surface area (Å²) in [5.41, 5.74) is 1.95. The number of rotatable bonds is 5. The quantitative estimate of drug-likeness (QED) is 0.895. The molecule has 0 amide bonds. The number of nitrogens with zero attached hydrogens (tertiary/aromatic N) is 2. The normalized spacial score (nSPS) is 18.2. The van der Waals surface area contributed by atoms with Crippen molar-refractivity contribution in [3.05, 3.63) is 15.9 Å². The Labute approximate surface area is 129 Å². The van der Waals surface area contributed by atoms with Gasteiger partial charge in [-0.3, -0.25) is 9.48 Å². The molecule has 0 bridgehead atoms. The van der Waals surface area contributed by atoms with E-state index in [2.05, 4.69) is 26.3 Å². The maximum absolute atomic E-state index is 12.5. The summed E-state index contributed by atoms with van der Waals surface area (Å²) >= 11 is 3.53. The van der Waals surface area contributed by atoms with Crippen LogP contribution in [0, 0.1) is 6.92 Å². The van der Waals surface area contributed by atoms with E-state index in [1.165, 1.54) is 19.3 Å². The maximum Gasteiger partial charge on any atom is 0.140 e. The number of carbonyl (C=O) groups is 1. The molecule has 0 aliphatic heterocycles. The van der Waals surface area contributed by atoms with E-state index in [1.54, 1.807) is 0 Å². The first-order valence-corrected chi connectivity index (χ1v) is 8.15. The molecule has 0 saturated heterocycles. The van der Waals surface area contributed by atoms with Gasteiger partial charge in [0.2, 0.25) is 0 Å². The first-order valence-electron chi connectivity index (χ1n) is 7.36. The van der Waals surface area contributed by atoms with E-state index in [9.17, 15) is 4.79 Å². The molecule has 1 aromatic rings. The van der Waals surface area contributed by atoms with Gasteiger partial charge in [-0.1, -0.05) is 19.3 Å². The number of aromatic nitrogens is 2. The van der Waals surface area contributed by atoms with Gasteiger partial charge in [0.1, 0.15) is 5.78 Å². The van der Waals surface area contributed by atoms with Crippen molar-refractivity contribution in [1.82, 2.24) is 15.1 Å². The molecule has 1 N–H and O–H groups in total. The van der Waals surface area contributed by atoms with E-state index in [1.807, 2.05) is 25.7 Å². The minimum Gasteiger partial charge on any atom is -0.314 e. The van der Waals surface area contributed by atoms with Crippen LogP contribution in [0.3, 0.4) is 0 Å². The van der Waals surface area contributed by atoms with Crippen LogP contribution in [0.15, 0.2) is 4.47 Å². The molecule has 1 saturated carbocycles. The van der Waals surface area contributed by atoms with Crippen molar-refractivity contribution in [3.63, 3.8) is 0 Å². The van der Waals surface area contributed by atoms with Crippen LogP contribution in [0.4, 0.5) is 0 Å². The van der Waals surface area contributed by atoms with Gasteiger partial charge in [-0.25, -0.2) is 0 Å². The smallest absolute Gasteiger partial charge is 0.140 e. The molecule has 1 aromatic heterocycles. The summed E-state index contributed by atoms with van der Waals surface area (Å²) in [5.74, 6) is 0.296. The van der Waals surface area contributed by atoms with Crippen molar-refractivity contribution in [2.45, 2.75) is 57.4 Å². The second-order valence-corrected chi connectivity index (χ2v) is 6.75. The SMILES string of the molecule is CNC1(CC(=O)Cc2c(Br)c(C)nn2C)CCCCC1. The molecule has 1 aliphatic rings. The first-order chi connectivity index (χ1) is 9.47. The summed E-state index contributed by atoms with van der Waals surface area (Å²) in [5, 5.41) is 7.76. The summed E-state index contributed by atoms with van der Waals surface area (Å²) in [7, 11) is 3.89. The Kier molecular flexibility index (Phi) is 5.02. The van der Waals surface area contributed by atoms with Crippen LogP contribution < -0.4 is 5.32 Å². The Morgan fingerprint density at radius 3 is 2.55 bits per heavy atom. The summed E-state index contributed by atoms with van der Waals surface area (Å²) < 4.78 is 2.78. The zero-order valence-electron chi connectivity index (χ0n) is 12.6. The molecule has 1 heterocycles. The Morgan fingerprint density at radius 1 is 1.40 bits per heavy atom. The Balaban J connectivity index is 2.04. The van der Waals surface area contributed by atoms with E-state index in [0.29, 0.717) is 18.6 Å². The van der Waals surface area contributed by atoms with Gasteiger partial charge in [0.05, 0.1) is 15.9 Å². The molecule has 20 heavy (non-hydrogen) atoms. The van der Waals surface area contributed by atoms with E-state index < -0.39 is 0 Å². The molecule has 4 nitrogen and oxygen atoms in total. The van der Waals surface area contributed by atoms with Crippen LogP contribution >= 0.6 is 15.9 Å². The monoisotopic (exact) mass is 341 g/mol. The van der Waals surface area contributed by atoms with Gasteiger partial charge in [-0.2, -0.15) is 5.10 Å². The van der Waals surface area contributed by atoms with Crippen molar-refractivity contribution in [2.75, 3.05) is 7.05 Å². The van der Waals surface area contributed by atoms with Gasteiger partial charge < -0.3 is 5.32 Å². The van der Waals surface area contributed by atoms with Crippen LogP contribution in [0.5, 0.6) is 0 Å². The predicted octanol–water partition coefficient (Wildman–Crippen LogP) is 2.92. The van der Waals surface area contributed by atoms with Crippen LogP contribution in [0.2, 0.25) is 0 Å². The Bertz CT molecular complexity index is 490. The lowest BCUT2D eigenvalue weighted by Gasteiger charge is -2.36. The van der Waals surface area contributed by atoms with Crippen LogP contribution in [0.25, 0.3) is 0 Å². The van der Waals surface area contributed by atoms with E-state index in [0.717, 1.165) is 28.7 Å². The summed E-state index contributed by atoms with van der Waals surface area (Å²) in [6.07, 6.45) is 7.05. The summed E-state index contributed by atoms with van der Waals surface area (Å²) in [6.45, 7) is 1.95. The maximum atomic E-state index is 12.5. The molecular formula is C15H24BrN3O. The number of Topliss-reactive ketones (excluding diaryl/α,β-unsaturated/α-hetero) is 1. The molecule has 0 aromatic carbocycles. The molecule has 2 rings (SSSR count). The molecule has 1 fully saturated rings. The zero-order chi connectivity index (χ0) is 14.8. The average Bonchev–Trinajstić information content (AvgIpc) is 2.66. The predicted molar refractivity (Wildman–Crippen MR) is 83.8 cm³/mol. The van der Waals surface area contributed by atoms with E-state index in [-0.39, 0.29) is 5.54 Å². The number of halogens is 1. The number of carbonyl (C=O) groups excluding carboxylic acids is 1. The van der Waals surface area contributed by atoms with Crippen LogP contribution in [-0.4, -0.2) is 28.2 Å². The molecule has 5 heteroatoms. The van der Waals surface area contributed by atoms with E-state index >= 15 is 0 Å². The van der Waals surface area contributed by atoms with Gasteiger partial charge in [0, 0.05) is 25.4 Å². The summed E-state index contributed by atoms with van der Waals surface area (Å²) in [4.78, 5) is 12.5. The van der Waals surface area contributed by atoms with E-state index in [4.69, 9.17) is 0 Å². The molecule has 0 spiro atoms. The van der Waals surface area contributed by atoms with Crippen molar-refractivity contribution in [2.24, 2.45) is 7.05 Å². The van der Waals surface area contributed by atoms with Crippen molar-refractivity contribution >= 4 is 21.7 Å². The summed E-state index contributed by atoms with van der Waals surface area (Å²) in [6, 6.07) is 0. The molecular weight excluding hydrogens is 318 g/mol. The average molecular weight is 342 g/mol. The Hall–Kier alpha value is -0.680. The highest BCUT2D eigenvalue weighted by Crippen LogP contribution is 2.31. The second kappa shape index (κ2) is 6.39. The fraction of sp³-hybridized carbons (Fsp3) is 0.733. The third kappa shape index (κ3) is 3.31. The number of nitrogens with one attached hydrogen (secondary N) is 1. The molecule has 0 unspecified atom stereocenters. The minimum absolute atomic E-state index is 0.0233. The highest BCUT2D eigenvalue weighted by molar-refractivity contribution is 9.10. The zero-order valence-corrected chi connectivity index (χ0v) is 14.2. The fourth-order valence-corrected chi connectivity index (χ4v) is 3.72. The third-order valence-electron chi connectivity index (χ3n) is 4.50. The number of ketones is 1. The minimum atomic E-state index is 0.0233. The second-order valence-electron chi connectivity index (χ2n) is 5.95. The first kappa shape index (κ1) is 15.7. The van der Waals surface area contributed by atoms with Crippen molar-refractivity contribution in [1.29, 1.82) is 0 Å². The Morgan fingerprint density at radius 2 is 2.05 bits per heavy atom. The molecule has 112 valence electrons. The van der Waals surface area contributed by atoms with Gasteiger partial charge >= 0.3 is 0 Å². The molecule has 0 atom stereocenters. The number of hydrogen-bond acceptors (Lipinski definition) is 3. The highest BCUT2D eigenvalue weighted by Gasteiger charge is 2.32. The highest BCUT2D eigenvalue weighted by atomic mass is 79.9. The number of aryl methyl sites for hydroxylation is 2. The molecule has 1 aliphatic carbocycles. The third-order valence-corrected chi connectivity index (χ3v) is 5.53.